The monoisotopic (exact) mass is 365 g/mol. The van der Waals surface area contributed by atoms with E-state index < -0.39 is 0 Å². The Bertz CT molecular complexity index is 664. The molecule has 7 heteroatoms. The van der Waals surface area contributed by atoms with Crippen LogP contribution in [0, 0.1) is 0 Å². The number of carbonyl (C=O) groups is 1. The molecule has 130 valence electrons. The minimum atomic E-state index is -0.0304. The Morgan fingerprint density at radius 1 is 1.25 bits per heavy atom. The van der Waals surface area contributed by atoms with Crippen LogP contribution >= 0.6 is 23.1 Å². The number of aryl methyl sites for hydroxylation is 2. The molecular weight excluding hydrogens is 342 g/mol. The van der Waals surface area contributed by atoms with Gasteiger partial charge in [0.25, 0.3) is 5.19 Å². The van der Waals surface area contributed by atoms with Gasteiger partial charge in [0, 0.05) is 5.69 Å². The maximum absolute atomic E-state index is 12.3. The third kappa shape index (κ3) is 5.21. The smallest absolute Gasteiger partial charge is 0.295 e. The fourth-order valence-electron chi connectivity index (χ4n) is 2.21. The molecule has 1 aromatic heterocycles. The van der Waals surface area contributed by atoms with Crippen molar-refractivity contribution in [2.24, 2.45) is 0 Å². The number of nitrogens with one attached hydrogen (secondary N) is 1. The average Bonchev–Trinajstić information content (AvgIpc) is 2.99. The normalized spacial score (nSPS) is 10.9. The zero-order valence-corrected chi connectivity index (χ0v) is 16.1. The predicted octanol–water partition coefficient (Wildman–Crippen LogP) is 4.18. The van der Waals surface area contributed by atoms with Gasteiger partial charge < -0.3 is 10.1 Å². The number of ether oxygens (including phenoxy) is 1. The fraction of sp³-hybridized carbons (Fsp3) is 0.471. The Labute approximate surface area is 151 Å². The molecule has 0 aliphatic heterocycles. The number of hydrogen-bond acceptors (Lipinski definition) is 6. The topological polar surface area (TPSA) is 64.1 Å². The SMILES string of the molecule is CCc1cccc(CC)c1NC(=O)CSc1nnc(OC(C)C)s1. The Balaban J connectivity index is 1.95. The van der Waals surface area contributed by atoms with Crippen LogP contribution in [0.5, 0.6) is 5.19 Å². The van der Waals surface area contributed by atoms with Gasteiger partial charge in [-0.1, -0.05) is 48.9 Å². The summed E-state index contributed by atoms with van der Waals surface area (Å²) in [5, 5.41) is 11.6. The summed E-state index contributed by atoms with van der Waals surface area (Å²) in [7, 11) is 0. The van der Waals surface area contributed by atoms with Gasteiger partial charge in [0.2, 0.25) is 5.91 Å². The highest BCUT2D eigenvalue weighted by Gasteiger charge is 2.13. The second-order valence-electron chi connectivity index (χ2n) is 5.50. The molecule has 0 radical (unpaired) electrons. The van der Waals surface area contributed by atoms with Crippen molar-refractivity contribution in [2.75, 3.05) is 11.1 Å². The molecule has 0 fully saturated rings. The lowest BCUT2D eigenvalue weighted by molar-refractivity contribution is -0.113. The number of hydrogen-bond donors (Lipinski definition) is 1. The van der Waals surface area contributed by atoms with Crippen LogP contribution in [-0.4, -0.2) is 28.0 Å². The van der Waals surface area contributed by atoms with E-state index in [0.29, 0.717) is 10.9 Å². The van der Waals surface area contributed by atoms with E-state index in [-0.39, 0.29) is 12.0 Å². The summed E-state index contributed by atoms with van der Waals surface area (Å²) >= 11 is 2.74. The second-order valence-corrected chi connectivity index (χ2v) is 7.66. The first-order valence-corrected chi connectivity index (χ1v) is 9.87. The third-order valence-corrected chi connectivity index (χ3v) is 5.26. The molecule has 0 bridgehead atoms. The van der Waals surface area contributed by atoms with Gasteiger partial charge >= 0.3 is 0 Å². The van der Waals surface area contributed by atoms with E-state index in [2.05, 4.69) is 41.5 Å². The average molecular weight is 366 g/mol. The maximum atomic E-state index is 12.3. The van der Waals surface area contributed by atoms with E-state index >= 15 is 0 Å². The first-order chi connectivity index (χ1) is 11.5. The van der Waals surface area contributed by atoms with E-state index in [0.717, 1.165) is 34.0 Å². The summed E-state index contributed by atoms with van der Waals surface area (Å²) in [5.41, 5.74) is 3.28. The van der Waals surface area contributed by atoms with Gasteiger partial charge in [-0.25, -0.2) is 0 Å². The van der Waals surface area contributed by atoms with Crippen molar-refractivity contribution in [3.63, 3.8) is 0 Å². The number of thioether (sulfide) groups is 1. The lowest BCUT2D eigenvalue weighted by Gasteiger charge is -2.14. The lowest BCUT2D eigenvalue weighted by atomic mass is 10.0. The van der Waals surface area contributed by atoms with Gasteiger partial charge in [0.1, 0.15) is 0 Å². The molecule has 1 heterocycles. The maximum Gasteiger partial charge on any atom is 0.295 e. The highest BCUT2D eigenvalue weighted by atomic mass is 32.2. The van der Waals surface area contributed by atoms with Gasteiger partial charge in [-0.15, -0.1) is 5.10 Å². The Morgan fingerprint density at radius 3 is 2.50 bits per heavy atom. The van der Waals surface area contributed by atoms with Crippen LogP contribution in [0.4, 0.5) is 5.69 Å². The number of aromatic nitrogens is 2. The van der Waals surface area contributed by atoms with Crippen molar-refractivity contribution in [3.05, 3.63) is 29.3 Å². The highest BCUT2D eigenvalue weighted by Crippen LogP contribution is 2.28. The first-order valence-electron chi connectivity index (χ1n) is 8.07. The van der Waals surface area contributed by atoms with E-state index in [1.807, 2.05) is 19.9 Å². The molecule has 1 N–H and O–H groups in total. The van der Waals surface area contributed by atoms with E-state index in [1.54, 1.807) is 0 Å². The molecule has 2 rings (SSSR count). The molecule has 24 heavy (non-hydrogen) atoms. The van der Waals surface area contributed by atoms with E-state index in [1.165, 1.54) is 23.1 Å². The molecule has 0 unspecified atom stereocenters. The summed E-state index contributed by atoms with van der Waals surface area (Å²) in [5.74, 6) is 0.273. The molecular formula is C17H23N3O2S2. The van der Waals surface area contributed by atoms with Crippen LogP contribution in [0.15, 0.2) is 22.5 Å². The molecule has 0 spiro atoms. The number of para-hydroxylation sites is 1. The van der Waals surface area contributed by atoms with Crippen molar-refractivity contribution in [2.45, 2.75) is 51.0 Å². The number of anilines is 1. The summed E-state index contributed by atoms with van der Waals surface area (Å²) in [6.07, 6.45) is 1.85. The Morgan fingerprint density at radius 2 is 1.92 bits per heavy atom. The van der Waals surface area contributed by atoms with Crippen molar-refractivity contribution < 1.29 is 9.53 Å². The molecule has 0 atom stereocenters. The number of carbonyl (C=O) groups excluding carboxylic acids is 1. The van der Waals surface area contributed by atoms with Gasteiger partial charge in [-0.2, -0.15) is 0 Å². The Kier molecular flexibility index (Phi) is 7.05. The first kappa shape index (κ1) is 18.7. The third-order valence-electron chi connectivity index (χ3n) is 3.31. The zero-order valence-electron chi connectivity index (χ0n) is 14.5. The minimum Gasteiger partial charge on any atom is -0.466 e. The number of amides is 1. The molecule has 0 aliphatic carbocycles. The highest BCUT2D eigenvalue weighted by molar-refractivity contribution is 8.01. The number of nitrogens with zero attached hydrogens (tertiary/aromatic N) is 2. The van der Waals surface area contributed by atoms with Crippen molar-refractivity contribution in [1.29, 1.82) is 0 Å². The molecule has 0 saturated carbocycles. The Hall–Kier alpha value is -1.60. The summed E-state index contributed by atoms with van der Waals surface area (Å²) < 4.78 is 6.23. The molecule has 1 aromatic carbocycles. The molecule has 1 amide bonds. The summed E-state index contributed by atoms with van der Waals surface area (Å²) in [6, 6.07) is 6.16. The molecule has 0 aliphatic rings. The lowest BCUT2D eigenvalue weighted by Crippen LogP contribution is -2.16. The number of rotatable bonds is 8. The fourth-order valence-corrected chi connectivity index (χ4v) is 3.82. The summed E-state index contributed by atoms with van der Waals surface area (Å²) in [4.78, 5) is 12.3. The van der Waals surface area contributed by atoms with Crippen molar-refractivity contribution >= 4 is 34.7 Å². The van der Waals surface area contributed by atoms with Crippen LogP contribution in [0.2, 0.25) is 0 Å². The van der Waals surface area contributed by atoms with Gasteiger partial charge in [0.05, 0.1) is 11.9 Å². The van der Waals surface area contributed by atoms with Gasteiger partial charge in [-0.3, -0.25) is 4.79 Å². The number of benzene rings is 1. The zero-order chi connectivity index (χ0) is 17.5. The standard InChI is InChI=1S/C17H23N3O2S2/c1-5-12-8-7-9-13(6-2)15(12)18-14(21)10-23-17-20-19-16(24-17)22-11(3)4/h7-9,11H,5-6,10H2,1-4H3,(H,18,21). The van der Waals surface area contributed by atoms with Crippen LogP contribution in [-0.2, 0) is 17.6 Å². The largest absolute Gasteiger partial charge is 0.466 e. The molecule has 5 nitrogen and oxygen atoms in total. The van der Waals surface area contributed by atoms with E-state index in [4.69, 9.17) is 4.74 Å². The van der Waals surface area contributed by atoms with Gasteiger partial charge in [-0.05, 0) is 49.2 Å². The van der Waals surface area contributed by atoms with Crippen LogP contribution < -0.4 is 10.1 Å². The van der Waals surface area contributed by atoms with Gasteiger partial charge in [0.15, 0.2) is 4.34 Å². The quantitative estimate of drug-likeness (QED) is 0.711. The molecule has 2 aromatic rings. The van der Waals surface area contributed by atoms with Crippen molar-refractivity contribution in [3.8, 4) is 5.19 Å². The predicted molar refractivity (Wildman–Crippen MR) is 100 cm³/mol. The summed E-state index contributed by atoms with van der Waals surface area (Å²) in [6.45, 7) is 8.07. The van der Waals surface area contributed by atoms with Crippen LogP contribution in [0.1, 0.15) is 38.8 Å². The van der Waals surface area contributed by atoms with E-state index in [9.17, 15) is 4.79 Å². The van der Waals surface area contributed by atoms with Crippen LogP contribution in [0.3, 0.4) is 0 Å². The van der Waals surface area contributed by atoms with Crippen LogP contribution in [0.25, 0.3) is 0 Å². The molecule has 0 saturated heterocycles. The second kappa shape index (κ2) is 9.03. The van der Waals surface area contributed by atoms with Crippen molar-refractivity contribution in [1.82, 2.24) is 10.2 Å². The minimum absolute atomic E-state index is 0.0304.